The average Bonchev–Trinajstić information content (AvgIpc) is 2.69. The van der Waals surface area contributed by atoms with E-state index in [0.717, 1.165) is 0 Å². The molecule has 0 unspecified atom stereocenters. The molecule has 0 amide bonds. The Morgan fingerprint density at radius 3 is 2.03 bits per heavy atom. The first-order valence-electron chi connectivity index (χ1n) is 7.89. The van der Waals surface area contributed by atoms with Gasteiger partial charge in [-0.15, -0.1) is 11.8 Å². The number of rotatable bonds is 10. The Bertz CT molecular complexity index is 1040. The fourth-order valence-electron chi connectivity index (χ4n) is 1.83. The van der Waals surface area contributed by atoms with E-state index in [4.69, 9.17) is 0 Å². The first-order valence-corrected chi connectivity index (χ1v) is 10.4. The number of sulfone groups is 1. The summed E-state index contributed by atoms with van der Waals surface area (Å²) >= 11 is 0.0200. The lowest BCUT2D eigenvalue weighted by molar-refractivity contribution is -0.388. The number of thioether (sulfide) groups is 1. The molecular formula is C14H8F11NO6S2. The Kier molecular flexibility index (Phi) is 8.46. The van der Waals surface area contributed by atoms with Gasteiger partial charge in [-0.3, -0.25) is 14.9 Å². The van der Waals surface area contributed by atoms with E-state index in [2.05, 4.69) is 4.74 Å². The maximum Gasteiger partial charge on any atom is 0.461 e. The Hall–Kier alpha value is -2.38. The van der Waals surface area contributed by atoms with Crippen LogP contribution in [0.25, 0.3) is 0 Å². The van der Waals surface area contributed by atoms with Gasteiger partial charge in [-0.2, -0.15) is 39.5 Å². The van der Waals surface area contributed by atoms with E-state index in [9.17, 15) is 71.6 Å². The number of esters is 1. The van der Waals surface area contributed by atoms with Crippen LogP contribution >= 0.6 is 11.8 Å². The number of carbonyl (C=O) groups is 1. The van der Waals surface area contributed by atoms with Crippen LogP contribution in [0.1, 0.15) is 0 Å². The van der Waals surface area contributed by atoms with E-state index in [1.54, 1.807) is 0 Å². The Morgan fingerprint density at radius 2 is 1.59 bits per heavy atom. The maximum atomic E-state index is 13.7. The minimum absolute atomic E-state index is 0.0126. The van der Waals surface area contributed by atoms with E-state index in [1.165, 1.54) is 0 Å². The average molecular weight is 559 g/mol. The summed E-state index contributed by atoms with van der Waals surface area (Å²) in [7, 11) is -6.88. The molecule has 0 spiro atoms. The molecule has 0 N–H and O–H groups in total. The number of nitro benzene ring substituents is 1. The largest absolute Gasteiger partial charge is 0.461 e. The molecule has 0 fully saturated rings. The van der Waals surface area contributed by atoms with Crippen molar-refractivity contribution < 1.29 is 71.2 Å². The number of benzene rings is 1. The number of ether oxygens (including phenoxy) is 1. The molecule has 194 valence electrons. The topological polar surface area (TPSA) is 104 Å². The van der Waals surface area contributed by atoms with Crippen LogP contribution in [0.5, 0.6) is 0 Å². The zero-order valence-electron chi connectivity index (χ0n) is 15.6. The fraction of sp³-hybridized carbons (Fsp3) is 0.500. The fourth-order valence-corrected chi connectivity index (χ4v) is 3.89. The molecule has 1 aromatic carbocycles. The Labute approximate surface area is 185 Å². The molecule has 20 heteroatoms. The van der Waals surface area contributed by atoms with Crippen molar-refractivity contribution in [1.82, 2.24) is 0 Å². The lowest BCUT2D eigenvalue weighted by atomic mass is 10.3. The van der Waals surface area contributed by atoms with Crippen molar-refractivity contribution in [2.45, 2.75) is 39.5 Å². The zero-order valence-corrected chi connectivity index (χ0v) is 17.2. The monoisotopic (exact) mass is 559 g/mol. The van der Waals surface area contributed by atoms with Gasteiger partial charge in [-0.25, -0.2) is 17.2 Å². The second-order valence-corrected chi connectivity index (χ2v) is 9.00. The Morgan fingerprint density at radius 1 is 1.06 bits per heavy atom. The predicted molar refractivity (Wildman–Crippen MR) is 88.9 cm³/mol. The van der Waals surface area contributed by atoms with Gasteiger partial charge in [0, 0.05) is 6.07 Å². The summed E-state index contributed by atoms with van der Waals surface area (Å²) in [6.07, 6.45) is -11.2. The summed E-state index contributed by atoms with van der Waals surface area (Å²) in [5.41, 5.74) is -1.47. The molecule has 7 nitrogen and oxygen atoms in total. The summed E-state index contributed by atoms with van der Waals surface area (Å²) in [4.78, 5) is 18.1. The maximum absolute atomic E-state index is 13.7. The minimum Gasteiger partial charge on any atom is -0.458 e. The first kappa shape index (κ1) is 29.7. The van der Waals surface area contributed by atoms with Crippen LogP contribution in [0.4, 0.5) is 54.0 Å². The molecule has 1 rings (SSSR count). The predicted octanol–water partition coefficient (Wildman–Crippen LogP) is 4.69. The molecule has 0 aromatic heterocycles. The third-order valence-corrected chi connectivity index (χ3v) is 6.43. The van der Waals surface area contributed by atoms with Gasteiger partial charge < -0.3 is 4.74 Å². The van der Waals surface area contributed by atoms with Gasteiger partial charge in [0.25, 0.3) is 15.5 Å². The highest BCUT2D eigenvalue weighted by Gasteiger charge is 2.78. The second kappa shape index (κ2) is 9.70. The summed E-state index contributed by atoms with van der Waals surface area (Å²) in [5.74, 6) is -14.6. The lowest BCUT2D eigenvalue weighted by Gasteiger charge is -2.27. The van der Waals surface area contributed by atoms with Crippen molar-refractivity contribution in [1.29, 1.82) is 0 Å². The standard InChI is InChI=1S/C14H8F11NO6S2/c15-10(16)11(17,18)5-32-9(27)4-33-8-2-1-6(3-7(8)26(28)29)34(30,31)14(24,25)12(19,20)13(21,22)23/h1-3,10H,4-5H2. The van der Waals surface area contributed by atoms with Crippen LogP contribution < -0.4 is 0 Å². The van der Waals surface area contributed by atoms with E-state index in [1.807, 2.05) is 0 Å². The third-order valence-electron chi connectivity index (χ3n) is 3.59. The number of nitro groups is 1. The summed E-state index contributed by atoms with van der Waals surface area (Å²) < 4.78 is 167. The molecule has 0 saturated carbocycles. The van der Waals surface area contributed by atoms with Crippen LogP contribution in [0.2, 0.25) is 0 Å². The van der Waals surface area contributed by atoms with Gasteiger partial charge >= 0.3 is 35.7 Å². The quantitative estimate of drug-likeness (QED) is 0.135. The van der Waals surface area contributed by atoms with Gasteiger partial charge in [-0.1, -0.05) is 0 Å². The number of alkyl halides is 11. The molecule has 0 saturated heterocycles. The highest BCUT2D eigenvalue weighted by atomic mass is 32.2. The number of hydrogen-bond acceptors (Lipinski definition) is 7. The van der Waals surface area contributed by atoms with Crippen molar-refractivity contribution in [3.05, 3.63) is 28.3 Å². The lowest BCUT2D eigenvalue weighted by Crippen LogP contribution is -2.55. The van der Waals surface area contributed by atoms with Crippen molar-refractivity contribution in [3.63, 3.8) is 0 Å². The SMILES string of the molecule is O=C(CSc1ccc(S(=O)(=O)C(F)(F)C(F)(F)C(F)(F)F)cc1[N+](=O)[O-])OCC(F)(F)C(F)F. The molecule has 0 aliphatic heterocycles. The smallest absolute Gasteiger partial charge is 0.458 e. The van der Waals surface area contributed by atoms with Crippen LogP contribution in [0, 0.1) is 10.1 Å². The van der Waals surface area contributed by atoms with Gasteiger partial charge in [-0.05, 0) is 12.1 Å². The highest BCUT2D eigenvalue weighted by molar-refractivity contribution is 8.00. The minimum atomic E-state index is -7.09. The molecule has 0 heterocycles. The molecule has 0 bridgehead atoms. The molecule has 0 aliphatic carbocycles. The van der Waals surface area contributed by atoms with Crippen LogP contribution in [-0.2, 0) is 19.4 Å². The van der Waals surface area contributed by atoms with E-state index in [-0.39, 0.29) is 30.0 Å². The van der Waals surface area contributed by atoms with Gasteiger partial charge in [0.15, 0.2) is 6.61 Å². The van der Waals surface area contributed by atoms with Crippen LogP contribution in [0.3, 0.4) is 0 Å². The molecule has 0 atom stereocenters. The van der Waals surface area contributed by atoms with Crippen LogP contribution in [-0.4, -0.2) is 61.4 Å². The van der Waals surface area contributed by atoms with E-state index >= 15 is 0 Å². The van der Waals surface area contributed by atoms with Gasteiger partial charge in [0.2, 0.25) is 0 Å². The highest BCUT2D eigenvalue weighted by Crippen LogP contribution is 2.51. The van der Waals surface area contributed by atoms with E-state index in [0.29, 0.717) is 0 Å². The normalized spacial score (nSPS) is 13.8. The third kappa shape index (κ3) is 5.81. The summed E-state index contributed by atoms with van der Waals surface area (Å²) in [6, 6.07) is -0.0336. The van der Waals surface area contributed by atoms with Gasteiger partial charge in [0.05, 0.1) is 20.5 Å². The van der Waals surface area contributed by atoms with Crippen molar-refractivity contribution >= 4 is 33.3 Å². The zero-order chi connectivity index (χ0) is 26.9. The van der Waals surface area contributed by atoms with Crippen LogP contribution in [0.15, 0.2) is 28.0 Å². The molecule has 0 radical (unpaired) electrons. The summed E-state index contributed by atoms with van der Waals surface area (Å²) in [5, 5.41) is 4.28. The van der Waals surface area contributed by atoms with Crippen molar-refractivity contribution in [2.24, 2.45) is 0 Å². The van der Waals surface area contributed by atoms with Crippen molar-refractivity contribution in [2.75, 3.05) is 12.4 Å². The summed E-state index contributed by atoms with van der Waals surface area (Å²) in [6.45, 7) is -2.08. The van der Waals surface area contributed by atoms with Gasteiger partial charge in [0.1, 0.15) is 0 Å². The second-order valence-electron chi connectivity index (χ2n) is 5.99. The molecule has 1 aromatic rings. The number of carbonyl (C=O) groups excluding carboxylic acids is 1. The molecular weight excluding hydrogens is 551 g/mol. The number of nitrogens with zero attached hydrogens (tertiary/aromatic N) is 1. The Balaban J connectivity index is 3.22. The number of halogens is 11. The molecule has 0 aliphatic rings. The van der Waals surface area contributed by atoms with Crippen molar-refractivity contribution in [3.8, 4) is 0 Å². The first-order chi connectivity index (χ1) is 15.1. The van der Waals surface area contributed by atoms with E-state index < -0.39 is 78.3 Å². The number of hydrogen-bond donors (Lipinski definition) is 0. The molecule has 34 heavy (non-hydrogen) atoms.